The highest BCUT2D eigenvalue weighted by molar-refractivity contribution is 4.79. The molecule has 0 saturated carbocycles. The van der Waals surface area contributed by atoms with Crippen molar-refractivity contribution < 1.29 is 4.74 Å². The molecule has 2 unspecified atom stereocenters. The second-order valence-corrected chi connectivity index (χ2v) is 4.77. The average molecular weight is 214 g/mol. The van der Waals surface area contributed by atoms with Crippen LogP contribution in [-0.4, -0.2) is 43.3 Å². The molecule has 1 heterocycles. The zero-order chi connectivity index (χ0) is 11.3. The molecule has 1 fully saturated rings. The molecule has 0 amide bonds. The Kier molecular flexibility index (Phi) is 5.58. The molecule has 90 valence electrons. The third-order valence-corrected chi connectivity index (χ3v) is 3.35. The Hall–Kier alpha value is -0.120. The second-order valence-electron chi connectivity index (χ2n) is 4.77. The summed E-state index contributed by atoms with van der Waals surface area (Å²) in [4.78, 5) is 2.47. The predicted molar refractivity (Wildman–Crippen MR) is 63.9 cm³/mol. The molecule has 0 aliphatic carbocycles. The fraction of sp³-hybridized carbons (Fsp3) is 1.00. The van der Waals surface area contributed by atoms with Crippen LogP contribution < -0.4 is 5.73 Å². The van der Waals surface area contributed by atoms with Crippen LogP contribution in [-0.2, 0) is 4.74 Å². The Balaban J connectivity index is 2.44. The molecule has 2 atom stereocenters. The predicted octanol–water partition coefficient (Wildman–Crippen LogP) is 1.47. The van der Waals surface area contributed by atoms with Gasteiger partial charge in [-0.1, -0.05) is 20.8 Å². The summed E-state index contributed by atoms with van der Waals surface area (Å²) in [5, 5.41) is 0. The van der Waals surface area contributed by atoms with Gasteiger partial charge in [0.1, 0.15) is 0 Å². The van der Waals surface area contributed by atoms with Crippen LogP contribution >= 0.6 is 0 Å². The van der Waals surface area contributed by atoms with E-state index < -0.39 is 0 Å². The molecular weight excluding hydrogens is 188 g/mol. The van der Waals surface area contributed by atoms with Crippen molar-refractivity contribution in [2.75, 3.05) is 26.2 Å². The van der Waals surface area contributed by atoms with Crippen LogP contribution in [0.2, 0.25) is 0 Å². The standard InChI is InChI=1S/C12H26N2O/c1-4-14(12(8-13)10(2)3)9-11-6-5-7-15-11/h10-12H,4-9,13H2,1-3H3. The number of likely N-dealkylation sites (N-methyl/N-ethyl adjacent to an activating group) is 1. The first-order valence-corrected chi connectivity index (χ1v) is 6.24. The van der Waals surface area contributed by atoms with Crippen LogP contribution in [0.25, 0.3) is 0 Å². The quantitative estimate of drug-likeness (QED) is 0.727. The highest BCUT2D eigenvalue weighted by Gasteiger charge is 2.24. The van der Waals surface area contributed by atoms with E-state index in [1.54, 1.807) is 0 Å². The van der Waals surface area contributed by atoms with Crippen molar-refractivity contribution in [3.63, 3.8) is 0 Å². The van der Waals surface area contributed by atoms with E-state index in [1.807, 2.05) is 0 Å². The van der Waals surface area contributed by atoms with Gasteiger partial charge >= 0.3 is 0 Å². The number of rotatable bonds is 6. The van der Waals surface area contributed by atoms with Crippen molar-refractivity contribution in [1.29, 1.82) is 0 Å². The highest BCUT2D eigenvalue weighted by atomic mass is 16.5. The van der Waals surface area contributed by atoms with Gasteiger partial charge in [-0.3, -0.25) is 4.90 Å². The maximum absolute atomic E-state index is 5.84. The molecule has 1 aliphatic rings. The highest BCUT2D eigenvalue weighted by Crippen LogP contribution is 2.17. The van der Waals surface area contributed by atoms with E-state index in [0.717, 1.165) is 26.2 Å². The van der Waals surface area contributed by atoms with Crippen molar-refractivity contribution in [1.82, 2.24) is 4.90 Å². The Morgan fingerprint density at radius 2 is 2.20 bits per heavy atom. The number of hydrogen-bond donors (Lipinski definition) is 1. The first-order chi connectivity index (χ1) is 7.19. The molecule has 15 heavy (non-hydrogen) atoms. The van der Waals surface area contributed by atoms with Gasteiger partial charge in [0.25, 0.3) is 0 Å². The summed E-state index contributed by atoms with van der Waals surface area (Å²) in [6.07, 6.45) is 2.88. The van der Waals surface area contributed by atoms with Crippen LogP contribution in [0.5, 0.6) is 0 Å². The van der Waals surface area contributed by atoms with Crippen molar-refractivity contribution >= 4 is 0 Å². The zero-order valence-electron chi connectivity index (χ0n) is 10.4. The molecule has 0 radical (unpaired) electrons. The fourth-order valence-corrected chi connectivity index (χ4v) is 2.39. The summed E-state index contributed by atoms with van der Waals surface area (Å²) in [5.74, 6) is 0.622. The van der Waals surface area contributed by atoms with E-state index in [-0.39, 0.29) is 0 Å². The van der Waals surface area contributed by atoms with Crippen LogP contribution in [0.4, 0.5) is 0 Å². The summed E-state index contributed by atoms with van der Waals surface area (Å²) >= 11 is 0. The van der Waals surface area contributed by atoms with Crippen LogP contribution in [0, 0.1) is 5.92 Å². The topological polar surface area (TPSA) is 38.5 Å². The molecule has 0 aromatic rings. The Morgan fingerprint density at radius 3 is 2.60 bits per heavy atom. The smallest absolute Gasteiger partial charge is 0.0702 e. The molecule has 1 saturated heterocycles. The maximum Gasteiger partial charge on any atom is 0.0702 e. The normalized spacial score (nSPS) is 24.0. The van der Waals surface area contributed by atoms with Crippen molar-refractivity contribution in [2.45, 2.75) is 45.8 Å². The van der Waals surface area contributed by atoms with Crippen LogP contribution in [0.15, 0.2) is 0 Å². The van der Waals surface area contributed by atoms with E-state index in [2.05, 4.69) is 25.7 Å². The summed E-state index contributed by atoms with van der Waals surface area (Å²) in [7, 11) is 0. The fourth-order valence-electron chi connectivity index (χ4n) is 2.39. The molecule has 2 N–H and O–H groups in total. The Morgan fingerprint density at radius 1 is 1.47 bits per heavy atom. The van der Waals surface area contributed by atoms with E-state index in [0.29, 0.717) is 18.1 Å². The minimum Gasteiger partial charge on any atom is -0.377 e. The van der Waals surface area contributed by atoms with Gasteiger partial charge < -0.3 is 10.5 Å². The van der Waals surface area contributed by atoms with E-state index in [1.165, 1.54) is 12.8 Å². The molecule has 0 aromatic heterocycles. The van der Waals surface area contributed by atoms with Crippen LogP contribution in [0.1, 0.15) is 33.6 Å². The van der Waals surface area contributed by atoms with Crippen LogP contribution in [0.3, 0.4) is 0 Å². The molecule has 0 bridgehead atoms. The minimum absolute atomic E-state index is 0.442. The first-order valence-electron chi connectivity index (χ1n) is 6.24. The van der Waals surface area contributed by atoms with Gasteiger partial charge in [-0.05, 0) is 25.3 Å². The third-order valence-electron chi connectivity index (χ3n) is 3.35. The minimum atomic E-state index is 0.442. The van der Waals surface area contributed by atoms with E-state index in [4.69, 9.17) is 10.5 Å². The molecule has 0 spiro atoms. The lowest BCUT2D eigenvalue weighted by atomic mass is 10.0. The number of nitrogens with two attached hydrogens (primary N) is 1. The van der Waals surface area contributed by atoms with E-state index in [9.17, 15) is 0 Å². The molecule has 0 aromatic carbocycles. The zero-order valence-corrected chi connectivity index (χ0v) is 10.4. The number of hydrogen-bond acceptors (Lipinski definition) is 3. The monoisotopic (exact) mass is 214 g/mol. The summed E-state index contributed by atoms with van der Waals surface area (Å²) in [6.45, 7) is 10.5. The summed E-state index contributed by atoms with van der Waals surface area (Å²) in [5.41, 5.74) is 5.84. The number of ether oxygens (including phenoxy) is 1. The Bertz CT molecular complexity index is 167. The average Bonchev–Trinajstić information content (AvgIpc) is 2.69. The first kappa shape index (κ1) is 12.9. The molecule has 3 nitrogen and oxygen atoms in total. The molecule has 1 rings (SSSR count). The van der Waals surface area contributed by atoms with Gasteiger partial charge in [-0.25, -0.2) is 0 Å². The second kappa shape index (κ2) is 6.46. The van der Waals surface area contributed by atoms with Gasteiger partial charge in [0.15, 0.2) is 0 Å². The van der Waals surface area contributed by atoms with Crippen molar-refractivity contribution in [3.05, 3.63) is 0 Å². The van der Waals surface area contributed by atoms with Gasteiger partial charge in [0.2, 0.25) is 0 Å². The molecule has 3 heteroatoms. The van der Waals surface area contributed by atoms with Crippen molar-refractivity contribution in [2.24, 2.45) is 11.7 Å². The van der Waals surface area contributed by atoms with Gasteiger partial charge in [0.05, 0.1) is 6.10 Å². The van der Waals surface area contributed by atoms with Crippen molar-refractivity contribution in [3.8, 4) is 0 Å². The lowest BCUT2D eigenvalue weighted by Crippen LogP contribution is -2.47. The molecular formula is C12H26N2O. The van der Waals surface area contributed by atoms with Gasteiger partial charge in [-0.15, -0.1) is 0 Å². The van der Waals surface area contributed by atoms with Gasteiger partial charge in [0, 0.05) is 25.7 Å². The number of nitrogens with zero attached hydrogens (tertiary/aromatic N) is 1. The summed E-state index contributed by atoms with van der Waals surface area (Å²) in [6, 6.07) is 0.499. The largest absolute Gasteiger partial charge is 0.377 e. The SMILES string of the molecule is CCN(CC1CCCO1)C(CN)C(C)C. The lowest BCUT2D eigenvalue weighted by molar-refractivity contribution is 0.0514. The lowest BCUT2D eigenvalue weighted by Gasteiger charge is -2.34. The molecule has 1 aliphatic heterocycles. The van der Waals surface area contributed by atoms with E-state index >= 15 is 0 Å². The Labute approximate surface area is 94.0 Å². The summed E-state index contributed by atoms with van der Waals surface area (Å²) < 4.78 is 5.68. The third kappa shape index (κ3) is 3.74. The van der Waals surface area contributed by atoms with Gasteiger partial charge in [-0.2, -0.15) is 0 Å². The maximum atomic E-state index is 5.84.